The van der Waals surface area contributed by atoms with Crippen LogP contribution in [0.4, 0.5) is 5.69 Å². The Balaban J connectivity index is 1.74. The lowest BCUT2D eigenvalue weighted by Gasteiger charge is -2.17. The van der Waals surface area contributed by atoms with E-state index in [1.165, 1.54) is 12.1 Å². The highest BCUT2D eigenvalue weighted by Gasteiger charge is 2.36. The number of halogens is 1. The molecule has 1 N–H and O–H groups in total. The Morgan fingerprint density at radius 1 is 1.25 bits per heavy atom. The van der Waals surface area contributed by atoms with Gasteiger partial charge in [0.05, 0.1) is 11.4 Å². The fourth-order valence-corrected chi connectivity index (χ4v) is 5.22. The number of hydrogen-bond donors (Lipinski definition) is 1. The highest BCUT2D eigenvalue weighted by molar-refractivity contribution is 7.91. The SMILES string of the molecule is COc1ccc(N2CC[C@@H](NS(=O)(=O)c3ccc(Cl)s3)C2=O)cc1. The maximum Gasteiger partial charge on any atom is 0.250 e. The average Bonchev–Trinajstić information content (AvgIpc) is 3.15. The summed E-state index contributed by atoms with van der Waals surface area (Å²) in [4.78, 5) is 14.1. The maximum absolute atomic E-state index is 12.5. The smallest absolute Gasteiger partial charge is 0.250 e. The minimum absolute atomic E-state index is 0.100. The van der Waals surface area contributed by atoms with Gasteiger partial charge in [0.1, 0.15) is 16.0 Å². The molecule has 1 aromatic heterocycles. The molecule has 128 valence electrons. The van der Waals surface area contributed by atoms with Crippen LogP contribution in [0.1, 0.15) is 6.42 Å². The number of ether oxygens (including phenoxy) is 1. The fourth-order valence-electron chi connectivity index (χ4n) is 2.50. The first-order valence-corrected chi connectivity index (χ1v) is 9.81. The number of methoxy groups -OCH3 is 1. The van der Waals surface area contributed by atoms with E-state index in [-0.39, 0.29) is 10.1 Å². The molecule has 1 fully saturated rings. The molecular weight excluding hydrogens is 372 g/mol. The number of amides is 1. The fraction of sp³-hybridized carbons (Fsp3) is 0.267. The zero-order valence-electron chi connectivity index (χ0n) is 12.7. The monoisotopic (exact) mass is 386 g/mol. The van der Waals surface area contributed by atoms with Crippen molar-refractivity contribution < 1.29 is 17.9 Å². The third kappa shape index (κ3) is 3.41. The minimum Gasteiger partial charge on any atom is -0.497 e. The van der Waals surface area contributed by atoms with E-state index in [9.17, 15) is 13.2 Å². The van der Waals surface area contributed by atoms with Gasteiger partial charge < -0.3 is 9.64 Å². The van der Waals surface area contributed by atoms with E-state index in [1.54, 1.807) is 36.3 Å². The zero-order valence-corrected chi connectivity index (χ0v) is 15.1. The lowest BCUT2D eigenvalue weighted by Crippen LogP contribution is -2.41. The van der Waals surface area contributed by atoms with Gasteiger partial charge in [-0.05, 0) is 42.8 Å². The van der Waals surface area contributed by atoms with Crippen LogP contribution in [0.25, 0.3) is 0 Å². The summed E-state index contributed by atoms with van der Waals surface area (Å²) in [6.45, 7) is 0.448. The molecule has 1 saturated heterocycles. The zero-order chi connectivity index (χ0) is 17.3. The molecule has 1 aliphatic rings. The Morgan fingerprint density at radius 2 is 1.96 bits per heavy atom. The van der Waals surface area contributed by atoms with Crippen LogP contribution in [0.15, 0.2) is 40.6 Å². The highest BCUT2D eigenvalue weighted by Crippen LogP contribution is 2.28. The van der Waals surface area contributed by atoms with Crippen molar-refractivity contribution in [1.29, 1.82) is 0 Å². The molecule has 2 heterocycles. The van der Waals surface area contributed by atoms with E-state index in [0.717, 1.165) is 11.3 Å². The molecule has 0 spiro atoms. The van der Waals surface area contributed by atoms with Gasteiger partial charge in [-0.25, -0.2) is 8.42 Å². The number of carbonyl (C=O) groups is 1. The van der Waals surface area contributed by atoms with Crippen molar-refractivity contribution >= 4 is 44.6 Å². The van der Waals surface area contributed by atoms with E-state index in [1.807, 2.05) is 0 Å². The molecule has 6 nitrogen and oxygen atoms in total. The van der Waals surface area contributed by atoms with Crippen molar-refractivity contribution in [3.8, 4) is 5.75 Å². The van der Waals surface area contributed by atoms with Crippen LogP contribution in [0.3, 0.4) is 0 Å². The lowest BCUT2D eigenvalue weighted by molar-refractivity contribution is -0.118. The first kappa shape index (κ1) is 17.2. The first-order chi connectivity index (χ1) is 11.4. The molecule has 2 aromatic rings. The van der Waals surface area contributed by atoms with Gasteiger partial charge >= 0.3 is 0 Å². The second-order valence-electron chi connectivity index (χ2n) is 5.21. The molecule has 1 aliphatic heterocycles. The van der Waals surface area contributed by atoms with Gasteiger partial charge in [-0.2, -0.15) is 4.72 Å². The molecule has 3 rings (SSSR count). The summed E-state index contributed by atoms with van der Waals surface area (Å²) in [5, 5.41) is 0. The van der Waals surface area contributed by atoms with Gasteiger partial charge in [0, 0.05) is 12.2 Å². The Hall–Kier alpha value is -1.61. The van der Waals surface area contributed by atoms with Gasteiger partial charge in [-0.1, -0.05) is 11.6 Å². The van der Waals surface area contributed by atoms with Crippen molar-refractivity contribution in [2.24, 2.45) is 0 Å². The second kappa shape index (κ2) is 6.72. The lowest BCUT2D eigenvalue weighted by atomic mass is 10.2. The maximum atomic E-state index is 12.5. The number of thiophene rings is 1. The Labute approximate surface area is 149 Å². The van der Waals surface area contributed by atoms with E-state index in [2.05, 4.69) is 4.72 Å². The van der Waals surface area contributed by atoms with Crippen LogP contribution in [-0.2, 0) is 14.8 Å². The van der Waals surface area contributed by atoms with Gasteiger partial charge in [0.15, 0.2) is 0 Å². The molecule has 0 unspecified atom stereocenters. The minimum atomic E-state index is -3.76. The number of nitrogens with zero attached hydrogens (tertiary/aromatic N) is 1. The normalized spacial score (nSPS) is 18.2. The summed E-state index contributed by atoms with van der Waals surface area (Å²) in [7, 11) is -2.19. The number of benzene rings is 1. The number of carbonyl (C=O) groups excluding carboxylic acids is 1. The number of anilines is 1. The molecular formula is C15H15ClN2O4S2. The summed E-state index contributed by atoms with van der Waals surface area (Å²) in [6, 6.07) is 9.22. The predicted octanol–water partition coefficient (Wildman–Crippen LogP) is 2.49. The van der Waals surface area contributed by atoms with E-state index in [0.29, 0.717) is 28.7 Å². The summed E-state index contributed by atoms with van der Waals surface area (Å²) in [5.41, 5.74) is 0.710. The molecule has 1 aromatic carbocycles. The largest absolute Gasteiger partial charge is 0.497 e. The molecule has 0 saturated carbocycles. The molecule has 9 heteroatoms. The van der Waals surface area contributed by atoms with Crippen molar-refractivity contribution in [2.75, 3.05) is 18.6 Å². The molecule has 0 aliphatic carbocycles. The van der Waals surface area contributed by atoms with E-state index in [4.69, 9.17) is 16.3 Å². The first-order valence-electron chi connectivity index (χ1n) is 7.14. The van der Waals surface area contributed by atoms with E-state index >= 15 is 0 Å². The van der Waals surface area contributed by atoms with Gasteiger partial charge in [0.2, 0.25) is 5.91 Å². The van der Waals surface area contributed by atoms with Gasteiger partial charge in [0.25, 0.3) is 10.0 Å². The molecule has 1 atom stereocenters. The summed E-state index contributed by atoms with van der Waals surface area (Å²) in [5.74, 6) is 0.420. The molecule has 1 amide bonds. The molecule has 0 bridgehead atoms. The van der Waals surface area contributed by atoms with Crippen LogP contribution >= 0.6 is 22.9 Å². The molecule has 0 radical (unpaired) electrons. The number of nitrogens with one attached hydrogen (secondary N) is 1. The Kier molecular flexibility index (Phi) is 4.82. The van der Waals surface area contributed by atoms with Crippen LogP contribution in [0.5, 0.6) is 5.75 Å². The number of sulfonamides is 1. The third-order valence-corrected chi connectivity index (χ3v) is 6.90. The van der Waals surface area contributed by atoms with Gasteiger partial charge in [-0.15, -0.1) is 11.3 Å². The second-order valence-corrected chi connectivity index (χ2v) is 8.86. The highest BCUT2D eigenvalue weighted by atomic mass is 35.5. The summed E-state index contributed by atoms with van der Waals surface area (Å²) < 4.78 is 32.7. The third-order valence-electron chi connectivity index (χ3n) is 3.70. The number of hydrogen-bond acceptors (Lipinski definition) is 5. The average molecular weight is 387 g/mol. The summed E-state index contributed by atoms with van der Waals surface area (Å²) >= 11 is 6.74. The van der Waals surface area contributed by atoms with Crippen molar-refractivity contribution in [2.45, 2.75) is 16.7 Å². The molecule has 24 heavy (non-hydrogen) atoms. The quantitative estimate of drug-likeness (QED) is 0.856. The van der Waals surface area contributed by atoms with Crippen LogP contribution in [0, 0.1) is 0 Å². The van der Waals surface area contributed by atoms with E-state index < -0.39 is 16.1 Å². The van der Waals surface area contributed by atoms with Crippen LogP contribution in [-0.4, -0.2) is 34.0 Å². The summed E-state index contributed by atoms with van der Waals surface area (Å²) in [6.07, 6.45) is 0.406. The number of rotatable bonds is 5. The standard InChI is InChI=1S/C15H15ClN2O4S2/c1-22-11-4-2-10(3-5-11)18-9-8-12(15(18)19)17-24(20,21)14-7-6-13(16)23-14/h2-7,12,17H,8-9H2,1H3/t12-/m1/s1. The topological polar surface area (TPSA) is 75.7 Å². The van der Waals surface area contributed by atoms with Crippen LogP contribution in [0.2, 0.25) is 4.34 Å². The van der Waals surface area contributed by atoms with Crippen molar-refractivity contribution in [3.05, 3.63) is 40.7 Å². The van der Waals surface area contributed by atoms with Crippen molar-refractivity contribution in [1.82, 2.24) is 4.72 Å². The van der Waals surface area contributed by atoms with Crippen molar-refractivity contribution in [3.63, 3.8) is 0 Å². The Bertz CT molecular complexity index is 849. The predicted molar refractivity (Wildman–Crippen MR) is 93.4 cm³/mol. The van der Waals surface area contributed by atoms with Gasteiger partial charge in [-0.3, -0.25) is 4.79 Å². The van der Waals surface area contributed by atoms with Crippen LogP contribution < -0.4 is 14.4 Å². The Morgan fingerprint density at radius 3 is 2.54 bits per heavy atom.